The smallest absolute Gasteiger partial charge is 0.309 e. The summed E-state index contributed by atoms with van der Waals surface area (Å²) in [6.45, 7) is -0.0905. The molecule has 3 rings (SSSR count). The number of carbonyl (C=O) groups is 2. The summed E-state index contributed by atoms with van der Waals surface area (Å²) in [5.74, 6) is -3.82. The number of amides is 1. The maximum atomic E-state index is 13.7. The number of nitrogens with two attached hydrogens (primary N) is 1. The van der Waals surface area contributed by atoms with Crippen LogP contribution in [0.15, 0.2) is 42.5 Å². The number of hydrogen-bond acceptors (Lipinski definition) is 3. The van der Waals surface area contributed by atoms with E-state index >= 15 is 0 Å². The molecule has 24 heavy (non-hydrogen) atoms. The summed E-state index contributed by atoms with van der Waals surface area (Å²) in [4.78, 5) is 23.4. The SMILES string of the molecule is NC(=O)c1ccccc1COC(=O)[C@@H]1C[C@@H]1c1cccc(F)c1F. The Labute approximate surface area is 137 Å². The largest absolute Gasteiger partial charge is 0.461 e. The molecule has 0 unspecified atom stereocenters. The summed E-state index contributed by atoms with van der Waals surface area (Å²) in [5.41, 5.74) is 6.25. The molecule has 2 atom stereocenters. The van der Waals surface area contributed by atoms with E-state index in [4.69, 9.17) is 10.5 Å². The van der Waals surface area contributed by atoms with Crippen molar-refractivity contribution in [1.82, 2.24) is 0 Å². The van der Waals surface area contributed by atoms with Crippen LogP contribution in [0.25, 0.3) is 0 Å². The molecule has 124 valence electrons. The van der Waals surface area contributed by atoms with E-state index in [1.54, 1.807) is 24.3 Å². The highest BCUT2D eigenvalue weighted by molar-refractivity contribution is 5.94. The van der Waals surface area contributed by atoms with Gasteiger partial charge in [-0.3, -0.25) is 9.59 Å². The lowest BCUT2D eigenvalue weighted by Crippen LogP contribution is -2.15. The van der Waals surface area contributed by atoms with Gasteiger partial charge in [0.15, 0.2) is 11.6 Å². The number of halogens is 2. The molecule has 2 aromatic carbocycles. The maximum absolute atomic E-state index is 13.7. The Bertz CT molecular complexity index is 807. The van der Waals surface area contributed by atoms with Crippen LogP contribution >= 0.6 is 0 Å². The second-order valence-electron chi connectivity index (χ2n) is 5.72. The molecule has 0 spiro atoms. The van der Waals surface area contributed by atoms with E-state index in [1.807, 2.05) is 0 Å². The predicted molar refractivity (Wildman–Crippen MR) is 82.0 cm³/mol. The van der Waals surface area contributed by atoms with Gasteiger partial charge in [0.1, 0.15) is 6.61 Å². The van der Waals surface area contributed by atoms with E-state index in [0.29, 0.717) is 12.0 Å². The summed E-state index contributed by atoms with van der Waals surface area (Å²) in [5, 5.41) is 0. The first-order chi connectivity index (χ1) is 11.5. The fourth-order valence-electron chi connectivity index (χ4n) is 2.75. The fraction of sp³-hybridized carbons (Fsp3) is 0.222. The van der Waals surface area contributed by atoms with Crippen LogP contribution in [0.5, 0.6) is 0 Å². The molecule has 1 fully saturated rings. The van der Waals surface area contributed by atoms with Gasteiger partial charge in [0.05, 0.1) is 5.92 Å². The molecule has 1 aliphatic carbocycles. The van der Waals surface area contributed by atoms with Gasteiger partial charge in [-0.2, -0.15) is 0 Å². The van der Waals surface area contributed by atoms with Crippen molar-refractivity contribution in [3.8, 4) is 0 Å². The van der Waals surface area contributed by atoms with Gasteiger partial charge in [-0.25, -0.2) is 8.78 Å². The monoisotopic (exact) mass is 331 g/mol. The van der Waals surface area contributed by atoms with Crippen molar-refractivity contribution in [3.63, 3.8) is 0 Å². The standard InChI is InChI=1S/C18H15F2NO3/c19-15-7-3-6-12(16(15)20)13-8-14(13)18(23)24-9-10-4-1-2-5-11(10)17(21)22/h1-7,13-14H,8-9H2,(H2,21,22)/t13-,14-/m1/s1. The van der Waals surface area contributed by atoms with Crippen LogP contribution in [-0.4, -0.2) is 11.9 Å². The van der Waals surface area contributed by atoms with Crippen molar-refractivity contribution < 1.29 is 23.1 Å². The number of ether oxygens (including phenoxy) is 1. The Morgan fingerprint density at radius 1 is 1.12 bits per heavy atom. The van der Waals surface area contributed by atoms with Gasteiger partial charge in [-0.05, 0) is 24.1 Å². The Kier molecular flexibility index (Phi) is 4.29. The van der Waals surface area contributed by atoms with Crippen LogP contribution in [0.4, 0.5) is 8.78 Å². The zero-order valence-electron chi connectivity index (χ0n) is 12.7. The zero-order chi connectivity index (χ0) is 17.3. The molecular weight excluding hydrogens is 316 g/mol. The molecule has 6 heteroatoms. The highest BCUT2D eigenvalue weighted by Gasteiger charge is 2.46. The topological polar surface area (TPSA) is 69.4 Å². The van der Waals surface area contributed by atoms with Gasteiger partial charge >= 0.3 is 5.97 Å². The second kappa shape index (κ2) is 6.39. The van der Waals surface area contributed by atoms with Crippen molar-refractivity contribution in [1.29, 1.82) is 0 Å². The number of benzene rings is 2. The molecule has 0 bridgehead atoms. The maximum Gasteiger partial charge on any atom is 0.309 e. The number of esters is 1. The summed E-state index contributed by atoms with van der Waals surface area (Å²) in [7, 11) is 0. The predicted octanol–water partition coefficient (Wildman–Crippen LogP) is 2.91. The molecule has 2 N–H and O–H groups in total. The molecule has 1 aliphatic rings. The first-order valence-electron chi connectivity index (χ1n) is 7.47. The van der Waals surface area contributed by atoms with E-state index < -0.39 is 29.4 Å². The second-order valence-corrected chi connectivity index (χ2v) is 5.72. The summed E-state index contributed by atoms with van der Waals surface area (Å²) >= 11 is 0. The quantitative estimate of drug-likeness (QED) is 0.857. The highest BCUT2D eigenvalue weighted by atomic mass is 19.2. The third-order valence-corrected chi connectivity index (χ3v) is 4.13. The zero-order valence-corrected chi connectivity index (χ0v) is 12.7. The molecule has 0 aliphatic heterocycles. The van der Waals surface area contributed by atoms with E-state index in [1.165, 1.54) is 12.1 Å². The van der Waals surface area contributed by atoms with E-state index in [0.717, 1.165) is 6.07 Å². The highest BCUT2D eigenvalue weighted by Crippen LogP contribution is 2.49. The number of primary amides is 1. The van der Waals surface area contributed by atoms with E-state index in [9.17, 15) is 18.4 Å². The van der Waals surface area contributed by atoms with Gasteiger partial charge in [-0.15, -0.1) is 0 Å². The minimum Gasteiger partial charge on any atom is -0.461 e. The molecular formula is C18H15F2NO3. The van der Waals surface area contributed by atoms with Crippen molar-refractivity contribution in [2.75, 3.05) is 0 Å². The average Bonchev–Trinajstić information content (AvgIpc) is 3.36. The van der Waals surface area contributed by atoms with Crippen molar-refractivity contribution in [2.45, 2.75) is 18.9 Å². The third-order valence-electron chi connectivity index (χ3n) is 4.13. The van der Waals surface area contributed by atoms with Crippen LogP contribution < -0.4 is 5.73 Å². The van der Waals surface area contributed by atoms with Crippen molar-refractivity contribution in [2.24, 2.45) is 11.7 Å². The molecule has 1 saturated carbocycles. The van der Waals surface area contributed by atoms with Crippen LogP contribution in [-0.2, 0) is 16.1 Å². The Balaban J connectivity index is 1.64. The van der Waals surface area contributed by atoms with Gasteiger partial charge in [0, 0.05) is 17.0 Å². The summed E-state index contributed by atoms with van der Waals surface area (Å²) in [6, 6.07) is 10.5. The minimum absolute atomic E-state index is 0.0905. The molecule has 1 amide bonds. The molecule has 4 nitrogen and oxygen atoms in total. The van der Waals surface area contributed by atoms with E-state index in [2.05, 4.69) is 0 Å². The molecule has 0 heterocycles. The fourth-order valence-corrected chi connectivity index (χ4v) is 2.75. The van der Waals surface area contributed by atoms with E-state index in [-0.39, 0.29) is 23.7 Å². The van der Waals surface area contributed by atoms with Crippen LogP contribution in [0.3, 0.4) is 0 Å². The molecule has 2 aromatic rings. The normalized spacial score (nSPS) is 18.9. The lowest BCUT2D eigenvalue weighted by Gasteiger charge is -2.08. The number of hydrogen-bond donors (Lipinski definition) is 1. The van der Waals surface area contributed by atoms with Crippen LogP contribution in [0.1, 0.15) is 33.8 Å². The van der Waals surface area contributed by atoms with Gasteiger partial charge in [0.25, 0.3) is 0 Å². The summed E-state index contributed by atoms with van der Waals surface area (Å²) < 4.78 is 32.2. The lowest BCUT2D eigenvalue weighted by molar-refractivity contribution is -0.146. The number of carbonyl (C=O) groups excluding carboxylic acids is 2. The van der Waals surface area contributed by atoms with Gasteiger partial charge < -0.3 is 10.5 Å². The first kappa shape index (κ1) is 16.1. The Hall–Kier alpha value is -2.76. The minimum atomic E-state index is -0.929. The van der Waals surface area contributed by atoms with Crippen LogP contribution in [0, 0.1) is 17.6 Å². The molecule has 0 radical (unpaired) electrons. The van der Waals surface area contributed by atoms with Crippen molar-refractivity contribution in [3.05, 3.63) is 70.8 Å². The number of rotatable bonds is 5. The molecule has 0 aromatic heterocycles. The van der Waals surface area contributed by atoms with Gasteiger partial charge in [-0.1, -0.05) is 30.3 Å². The van der Waals surface area contributed by atoms with Crippen LogP contribution in [0.2, 0.25) is 0 Å². The Morgan fingerprint density at radius 3 is 2.62 bits per heavy atom. The van der Waals surface area contributed by atoms with Gasteiger partial charge in [0.2, 0.25) is 5.91 Å². The molecule has 0 saturated heterocycles. The summed E-state index contributed by atoms with van der Waals surface area (Å²) in [6.07, 6.45) is 0.413. The lowest BCUT2D eigenvalue weighted by atomic mass is 10.1. The third kappa shape index (κ3) is 3.13. The Morgan fingerprint density at radius 2 is 1.88 bits per heavy atom. The average molecular weight is 331 g/mol. The first-order valence-corrected chi connectivity index (χ1v) is 7.47. The van der Waals surface area contributed by atoms with Crippen molar-refractivity contribution >= 4 is 11.9 Å².